The van der Waals surface area contributed by atoms with Gasteiger partial charge in [0.25, 0.3) is 0 Å². The lowest BCUT2D eigenvalue weighted by Crippen LogP contribution is -2.37. The highest BCUT2D eigenvalue weighted by Gasteiger charge is 2.36. The van der Waals surface area contributed by atoms with Crippen LogP contribution in [-0.4, -0.2) is 25.3 Å². The van der Waals surface area contributed by atoms with E-state index in [0.717, 1.165) is 81.9 Å². The van der Waals surface area contributed by atoms with E-state index in [-0.39, 0.29) is 43.6 Å². The number of benzene rings is 11. The van der Waals surface area contributed by atoms with Crippen molar-refractivity contribution in [2.75, 3.05) is 0 Å². The highest BCUT2D eigenvalue weighted by Crippen LogP contribution is 2.49. The number of alkyl halides is 12. The van der Waals surface area contributed by atoms with Crippen LogP contribution in [0.2, 0.25) is 39.3 Å². The van der Waals surface area contributed by atoms with E-state index in [2.05, 4.69) is 87.8 Å². The first kappa shape index (κ1) is 58.2. The summed E-state index contributed by atoms with van der Waals surface area (Å²) >= 11 is 0. The summed E-state index contributed by atoms with van der Waals surface area (Å²) in [5, 5.41) is 5.06. The molecule has 0 bridgehead atoms. The lowest BCUT2D eigenvalue weighted by Gasteiger charge is -2.21. The van der Waals surface area contributed by atoms with Crippen molar-refractivity contribution in [2.45, 2.75) is 64.0 Å². The molecule has 0 unspecified atom stereocenters. The van der Waals surface area contributed by atoms with Gasteiger partial charge in [0, 0.05) is 32.9 Å². The minimum Gasteiger partial charge on any atom is -0.309 e. The van der Waals surface area contributed by atoms with Crippen LogP contribution >= 0.6 is 0 Å². The molecule has 0 spiro atoms. The third-order valence-corrected chi connectivity index (χ3v) is 21.1. The van der Waals surface area contributed by atoms with Crippen LogP contribution in [-0.2, 0) is 24.7 Å². The average molecular weight is 1230 g/mol. The maximum atomic E-state index is 14.4. The Hall–Kier alpha value is -8.87. The van der Waals surface area contributed by atoms with E-state index in [0.29, 0.717) is 44.0 Å². The number of rotatable bonds is 8. The molecule has 0 aliphatic carbocycles. The molecule has 13 rings (SSSR count). The topological polar surface area (TPSA) is 9.86 Å². The summed E-state index contributed by atoms with van der Waals surface area (Å²) in [7, 11) is -3.27. The van der Waals surface area contributed by atoms with E-state index < -0.39 is 63.1 Å². The Bertz CT molecular complexity index is 4480. The summed E-state index contributed by atoms with van der Waals surface area (Å²) in [5.74, 6) is 0. The molecule has 11 aromatic carbocycles. The van der Waals surface area contributed by atoms with Crippen LogP contribution in [0.1, 0.15) is 22.3 Å². The summed E-state index contributed by atoms with van der Waals surface area (Å²) in [5.41, 5.74) is 4.26. The molecule has 88 heavy (non-hydrogen) atoms. The van der Waals surface area contributed by atoms with Gasteiger partial charge in [0.2, 0.25) is 0 Å². The average Bonchev–Trinajstić information content (AvgIpc) is 1.30. The van der Waals surface area contributed by atoms with Crippen LogP contribution in [0, 0.1) is 0 Å². The van der Waals surface area contributed by atoms with Crippen LogP contribution in [0.4, 0.5) is 52.7 Å². The Labute approximate surface area is 499 Å². The zero-order chi connectivity index (χ0) is 62.4. The van der Waals surface area contributed by atoms with E-state index in [9.17, 15) is 52.7 Å². The fraction of sp³-hybridized carbons (Fsp3) is 0.139. The monoisotopic (exact) mass is 1230 g/mol. The van der Waals surface area contributed by atoms with Crippen molar-refractivity contribution >= 4 is 91.7 Å². The quantitative estimate of drug-likeness (QED) is 0.0815. The first-order chi connectivity index (χ1) is 41.4. The third kappa shape index (κ3) is 10.2. The summed E-state index contributed by atoms with van der Waals surface area (Å²) in [4.78, 5) is 0. The number of nitrogens with zero attached hydrogens (tertiary/aromatic N) is 2. The van der Waals surface area contributed by atoms with Crippen molar-refractivity contribution in [3.63, 3.8) is 0 Å². The molecule has 0 aliphatic heterocycles. The van der Waals surface area contributed by atoms with Crippen LogP contribution in [0.3, 0.4) is 0 Å². The van der Waals surface area contributed by atoms with E-state index >= 15 is 0 Å². The summed E-state index contributed by atoms with van der Waals surface area (Å²) in [6.07, 6.45) is -19.2. The van der Waals surface area contributed by atoms with Crippen molar-refractivity contribution in [1.82, 2.24) is 9.13 Å². The van der Waals surface area contributed by atoms with E-state index in [1.54, 1.807) is 21.3 Å². The Morgan fingerprint density at radius 1 is 0.239 bits per heavy atom. The molecule has 0 atom stereocenters. The van der Waals surface area contributed by atoms with Crippen molar-refractivity contribution in [2.24, 2.45) is 0 Å². The lowest BCUT2D eigenvalue weighted by atomic mass is 9.85. The van der Waals surface area contributed by atoms with Gasteiger partial charge in [-0.3, -0.25) is 0 Å². The van der Waals surface area contributed by atoms with Gasteiger partial charge in [0.1, 0.15) is 0 Å². The fourth-order valence-electron chi connectivity index (χ4n) is 12.4. The highest BCUT2D eigenvalue weighted by molar-refractivity contribution is 6.89. The predicted molar refractivity (Wildman–Crippen MR) is 338 cm³/mol. The first-order valence-electron chi connectivity index (χ1n) is 28.3. The van der Waals surface area contributed by atoms with Gasteiger partial charge in [-0.25, -0.2) is 0 Å². The molecule has 13 aromatic rings. The van der Waals surface area contributed by atoms with Gasteiger partial charge in [0.05, 0.1) is 60.5 Å². The lowest BCUT2D eigenvalue weighted by molar-refractivity contribution is -0.138. The number of hydrogen-bond donors (Lipinski definition) is 0. The molecule has 0 saturated heterocycles. The Morgan fingerprint density at radius 2 is 0.477 bits per heavy atom. The molecule has 0 N–H and O–H groups in total. The van der Waals surface area contributed by atoms with E-state index in [4.69, 9.17) is 0 Å². The van der Waals surface area contributed by atoms with Crippen LogP contribution < -0.4 is 10.4 Å². The predicted octanol–water partition coefficient (Wildman–Crippen LogP) is 22.0. The van der Waals surface area contributed by atoms with Crippen molar-refractivity contribution in [1.29, 1.82) is 0 Å². The molecule has 2 aromatic heterocycles. The van der Waals surface area contributed by atoms with Crippen LogP contribution in [0.25, 0.3) is 121 Å². The molecular weight excluding hydrogens is 1180 g/mol. The van der Waals surface area contributed by atoms with Gasteiger partial charge >= 0.3 is 24.7 Å². The Morgan fingerprint density at radius 3 is 0.716 bits per heavy atom. The van der Waals surface area contributed by atoms with Crippen molar-refractivity contribution in [3.8, 4) is 55.9 Å². The molecule has 16 heteroatoms. The summed E-state index contributed by atoms with van der Waals surface area (Å²) in [6.45, 7) is 13.6. The Balaban J connectivity index is 1.12. The fourth-order valence-corrected chi connectivity index (χ4v) is 14.7. The zero-order valence-electron chi connectivity index (χ0n) is 48.1. The minimum absolute atomic E-state index is 0.0408. The molecule has 0 aliphatic rings. The summed E-state index contributed by atoms with van der Waals surface area (Å²) in [6, 6.07) is 56.1. The van der Waals surface area contributed by atoms with Gasteiger partial charge in [-0.2, -0.15) is 52.7 Å². The smallest absolute Gasteiger partial charge is 0.309 e. The third-order valence-electron chi connectivity index (χ3n) is 17.0. The minimum atomic E-state index is -4.81. The normalized spacial score (nSPS) is 13.1. The first-order valence-corrected chi connectivity index (χ1v) is 35.3. The summed E-state index contributed by atoms with van der Waals surface area (Å²) < 4.78 is 176. The molecule has 0 saturated carbocycles. The highest BCUT2D eigenvalue weighted by atomic mass is 28.3. The number of aromatic nitrogens is 2. The van der Waals surface area contributed by atoms with E-state index in [1.807, 2.05) is 72.8 Å². The zero-order valence-corrected chi connectivity index (χ0v) is 50.1. The molecule has 2 nitrogen and oxygen atoms in total. The number of halogens is 12. The molecule has 0 fully saturated rings. The van der Waals surface area contributed by atoms with Gasteiger partial charge < -0.3 is 9.13 Å². The van der Waals surface area contributed by atoms with Gasteiger partial charge in [-0.15, -0.1) is 0 Å². The Kier molecular flexibility index (Phi) is 13.5. The molecule has 0 amide bonds. The molecule has 442 valence electrons. The number of hydrogen-bond acceptors (Lipinski definition) is 0. The van der Waals surface area contributed by atoms with Gasteiger partial charge in [-0.05, 0) is 163 Å². The maximum absolute atomic E-state index is 14.4. The molecule has 0 radical (unpaired) electrons. The van der Waals surface area contributed by atoms with Gasteiger partial charge in [-0.1, -0.05) is 159 Å². The number of fused-ring (bicyclic) bond motifs is 8. The van der Waals surface area contributed by atoms with Crippen molar-refractivity contribution in [3.05, 3.63) is 229 Å². The standard InChI is InChI=1S/C72H52F12N2Si2/c1-87(2,3)53-25-15-43(16-26-53)41-7-11-45(12-8-41)67-55-29-23-52(86-65-33-21-49(71(79,80)81)37-59(65)60-38-50(72(82,83)84)22-34-66(60)86)40-62(55)68(46-13-9-42(10-14-46)44-17-27-54(28-18-44)88(4,5)6)56-30-24-51(39-61(56)67)85-63-31-19-47(69(73,74)75)35-57(63)58-36-48(70(76,77)78)20-32-64(58)85/h7-40H,1-6H3. The second-order valence-corrected chi connectivity index (χ2v) is 34.8. The van der Waals surface area contributed by atoms with E-state index in [1.165, 1.54) is 34.6 Å². The SMILES string of the molecule is C[Si](C)(C)c1ccc(-c2ccc(-c3c4ccc(-n5c6ccc(C(F)(F)F)cc6c6cc(C(F)(F)F)ccc65)cc4c(-c4ccc(-c5ccc([Si](C)(C)C)cc5)cc4)c4ccc(-n5c6ccc(C(F)(F)F)cc6c6cc(C(F)(F)F)ccc65)cc34)cc2)cc1. The van der Waals surface area contributed by atoms with Gasteiger partial charge in [0.15, 0.2) is 0 Å². The van der Waals surface area contributed by atoms with Crippen LogP contribution in [0.15, 0.2) is 206 Å². The molecule has 2 heterocycles. The second-order valence-electron chi connectivity index (χ2n) is 24.6. The second kappa shape index (κ2) is 20.4. The molecular formula is C72H52F12N2Si2. The maximum Gasteiger partial charge on any atom is 0.416 e. The van der Waals surface area contributed by atoms with Crippen molar-refractivity contribution < 1.29 is 52.7 Å². The van der Waals surface area contributed by atoms with Crippen LogP contribution in [0.5, 0.6) is 0 Å². The largest absolute Gasteiger partial charge is 0.416 e.